The summed E-state index contributed by atoms with van der Waals surface area (Å²) in [6.45, 7) is 1.33. The normalized spacial score (nSPS) is 11.4. The van der Waals surface area contributed by atoms with Crippen LogP contribution in [0.25, 0.3) is 22.2 Å². The van der Waals surface area contributed by atoms with Crippen LogP contribution in [0.4, 0.5) is 4.39 Å². The van der Waals surface area contributed by atoms with Crippen molar-refractivity contribution in [2.45, 2.75) is 13.0 Å². The molecule has 4 aromatic rings. The van der Waals surface area contributed by atoms with E-state index in [1.807, 2.05) is 48.6 Å². The molecule has 0 aliphatic rings. The maximum absolute atomic E-state index is 13.4. The highest BCUT2D eigenvalue weighted by Gasteiger charge is 2.11. The van der Waals surface area contributed by atoms with E-state index in [-0.39, 0.29) is 29.8 Å². The van der Waals surface area contributed by atoms with Crippen LogP contribution in [0.5, 0.6) is 0 Å². The summed E-state index contributed by atoms with van der Waals surface area (Å²) >= 11 is 0. The summed E-state index contributed by atoms with van der Waals surface area (Å²) in [6, 6.07) is 15.0. The zero-order valence-electron chi connectivity index (χ0n) is 17.5. The first-order valence-corrected chi connectivity index (χ1v) is 9.90. The first kappa shape index (κ1) is 22.8. The Hall–Kier alpha value is -2.88. The van der Waals surface area contributed by atoms with Crippen molar-refractivity contribution in [1.29, 1.82) is 0 Å². The Kier molecular flexibility index (Phi) is 7.67. The Labute approximate surface area is 198 Å². The molecule has 3 N–H and O–H groups in total. The van der Waals surface area contributed by atoms with Crippen molar-refractivity contribution in [1.82, 2.24) is 25.2 Å². The van der Waals surface area contributed by atoms with E-state index in [9.17, 15) is 4.39 Å². The van der Waals surface area contributed by atoms with Gasteiger partial charge < -0.3 is 20.2 Å². The second kappa shape index (κ2) is 10.4. The first-order chi connectivity index (χ1) is 14.6. The molecular weight excluding hydrogens is 506 g/mol. The van der Waals surface area contributed by atoms with Gasteiger partial charge in [-0.3, -0.25) is 4.99 Å². The third-order valence-corrected chi connectivity index (χ3v) is 5.08. The number of rotatable bonds is 6. The number of benzene rings is 2. The molecule has 8 heteroatoms. The number of guanidine groups is 1. The number of fused-ring (bicyclic) bond motifs is 1. The fourth-order valence-corrected chi connectivity index (χ4v) is 3.57. The molecule has 0 spiro atoms. The van der Waals surface area contributed by atoms with Crippen molar-refractivity contribution in [3.8, 4) is 11.3 Å². The molecule has 2 heterocycles. The maximum Gasteiger partial charge on any atom is 0.193 e. The van der Waals surface area contributed by atoms with E-state index in [2.05, 4.69) is 37.4 Å². The van der Waals surface area contributed by atoms with Crippen molar-refractivity contribution in [3.05, 3.63) is 78.1 Å². The predicted octanol–water partition coefficient (Wildman–Crippen LogP) is 4.57. The smallest absolute Gasteiger partial charge is 0.193 e. The Morgan fingerprint density at radius 1 is 1.19 bits per heavy atom. The maximum atomic E-state index is 13.4. The van der Waals surface area contributed by atoms with Gasteiger partial charge in [-0.15, -0.1) is 24.0 Å². The lowest BCUT2D eigenvalue weighted by molar-refractivity contribution is 0.464. The molecule has 2 aromatic carbocycles. The number of imidazole rings is 1. The lowest BCUT2D eigenvalue weighted by Gasteiger charge is -2.21. The summed E-state index contributed by atoms with van der Waals surface area (Å²) in [5.41, 5.74) is 4.07. The topological polar surface area (TPSA) is 72.1 Å². The van der Waals surface area contributed by atoms with Crippen LogP contribution in [0.3, 0.4) is 0 Å². The standard InChI is InChI=1S/C23H25FN6.HI/c1-25-23(26-11-10-17-13-27-20-12-18(24)8-9-19(17)20)30(2)15-22-28-14-21(29-22)16-6-4-3-5-7-16;/h3-9,12-14,27H,10-11,15H2,1-2H3,(H,25,26)(H,28,29);1H. The quantitative estimate of drug-likeness (QED) is 0.194. The lowest BCUT2D eigenvalue weighted by atomic mass is 10.1. The molecule has 0 atom stereocenters. The van der Waals surface area contributed by atoms with E-state index in [1.165, 1.54) is 12.1 Å². The summed E-state index contributed by atoms with van der Waals surface area (Å²) in [5, 5.41) is 4.44. The third-order valence-electron chi connectivity index (χ3n) is 5.08. The summed E-state index contributed by atoms with van der Waals surface area (Å²) in [7, 11) is 3.75. The molecule has 0 saturated heterocycles. The van der Waals surface area contributed by atoms with Crippen molar-refractivity contribution in [2.24, 2.45) is 4.99 Å². The van der Waals surface area contributed by atoms with Gasteiger partial charge in [0.15, 0.2) is 5.96 Å². The van der Waals surface area contributed by atoms with E-state index in [0.717, 1.165) is 52.5 Å². The van der Waals surface area contributed by atoms with Crippen LogP contribution in [0.1, 0.15) is 11.4 Å². The summed E-state index contributed by atoms with van der Waals surface area (Å²) < 4.78 is 13.4. The number of nitrogens with one attached hydrogen (secondary N) is 3. The largest absolute Gasteiger partial charge is 0.361 e. The van der Waals surface area contributed by atoms with E-state index in [4.69, 9.17) is 0 Å². The van der Waals surface area contributed by atoms with Crippen LogP contribution in [-0.2, 0) is 13.0 Å². The highest BCUT2D eigenvalue weighted by atomic mass is 127. The van der Waals surface area contributed by atoms with E-state index in [1.54, 1.807) is 7.05 Å². The summed E-state index contributed by atoms with van der Waals surface area (Å²) in [4.78, 5) is 17.4. The zero-order valence-corrected chi connectivity index (χ0v) is 19.9. The minimum Gasteiger partial charge on any atom is -0.361 e. The fourth-order valence-electron chi connectivity index (χ4n) is 3.57. The molecule has 0 fully saturated rings. The Morgan fingerprint density at radius 3 is 2.77 bits per heavy atom. The van der Waals surface area contributed by atoms with Gasteiger partial charge in [0, 0.05) is 37.7 Å². The molecule has 0 amide bonds. The van der Waals surface area contributed by atoms with Gasteiger partial charge in [-0.05, 0) is 35.7 Å². The average Bonchev–Trinajstić information content (AvgIpc) is 3.38. The molecule has 0 aliphatic heterocycles. The molecule has 0 radical (unpaired) electrons. The molecule has 162 valence electrons. The fraction of sp³-hybridized carbons (Fsp3) is 0.217. The second-order valence-corrected chi connectivity index (χ2v) is 7.19. The monoisotopic (exact) mass is 532 g/mol. The highest BCUT2D eigenvalue weighted by Crippen LogP contribution is 2.19. The zero-order chi connectivity index (χ0) is 20.9. The summed E-state index contributed by atoms with van der Waals surface area (Å²) in [6.07, 6.45) is 4.60. The molecule has 0 bridgehead atoms. The summed E-state index contributed by atoms with van der Waals surface area (Å²) in [5.74, 6) is 1.43. The molecule has 4 rings (SSSR count). The van der Waals surface area contributed by atoms with Crippen LogP contribution in [0.2, 0.25) is 0 Å². The number of hydrogen-bond acceptors (Lipinski definition) is 2. The van der Waals surface area contributed by atoms with Crippen LogP contribution in [-0.4, -0.2) is 46.5 Å². The minimum absolute atomic E-state index is 0. The molecule has 0 aliphatic carbocycles. The van der Waals surface area contributed by atoms with Crippen LogP contribution in [0.15, 0.2) is 65.9 Å². The molecule has 2 aromatic heterocycles. The lowest BCUT2D eigenvalue weighted by Crippen LogP contribution is -2.39. The molecular formula is C23H26FIN6. The van der Waals surface area contributed by atoms with Crippen molar-refractivity contribution in [3.63, 3.8) is 0 Å². The Balaban J connectivity index is 0.00000272. The average molecular weight is 532 g/mol. The molecule has 6 nitrogen and oxygen atoms in total. The first-order valence-electron chi connectivity index (χ1n) is 9.90. The number of halogens is 2. The van der Waals surface area contributed by atoms with E-state index in [0.29, 0.717) is 6.54 Å². The highest BCUT2D eigenvalue weighted by molar-refractivity contribution is 14.0. The number of aromatic amines is 2. The number of aliphatic imine (C=N–C) groups is 1. The van der Waals surface area contributed by atoms with Crippen molar-refractivity contribution >= 4 is 40.8 Å². The van der Waals surface area contributed by atoms with E-state index >= 15 is 0 Å². The van der Waals surface area contributed by atoms with Crippen molar-refractivity contribution in [2.75, 3.05) is 20.6 Å². The van der Waals surface area contributed by atoms with Gasteiger partial charge in [-0.1, -0.05) is 30.3 Å². The molecule has 31 heavy (non-hydrogen) atoms. The predicted molar refractivity (Wildman–Crippen MR) is 134 cm³/mol. The van der Waals surface area contributed by atoms with E-state index < -0.39 is 0 Å². The Morgan fingerprint density at radius 2 is 2.00 bits per heavy atom. The minimum atomic E-state index is -0.232. The van der Waals surface area contributed by atoms with Crippen LogP contribution < -0.4 is 5.32 Å². The van der Waals surface area contributed by atoms with Gasteiger partial charge in [0.1, 0.15) is 11.6 Å². The van der Waals surface area contributed by atoms with Gasteiger partial charge in [0.05, 0.1) is 18.4 Å². The van der Waals surface area contributed by atoms with Crippen LogP contribution in [0, 0.1) is 5.82 Å². The van der Waals surface area contributed by atoms with Gasteiger partial charge in [0.25, 0.3) is 0 Å². The SMILES string of the molecule is CN=C(NCCc1c[nH]c2cc(F)ccc12)N(C)Cc1ncc(-c2ccccc2)[nH]1.I. The van der Waals surface area contributed by atoms with Crippen molar-refractivity contribution < 1.29 is 4.39 Å². The second-order valence-electron chi connectivity index (χ2n) is 7.19. The van der Waals surface area contributed by atoms with Gasteiger partial charge >= 0.3 is 0 Å². The van der Waals surface area contributed by atoms with Gasteiger partial charge in [-0.2, -0.15) is 0 Å². The number of hydrogen-bond donors (Lipinski definition) is 3. The Bertz CT molecular complexity index is 1150. The number of aromatic nitrogens is 3. The number of H-pyrrole nitrogens is 2. The molecule has 0 saturated carbocycles. The van der Waals surface area contributed by atoms with Gasteiger partial charge in [0.2, 0.25) is 0 Å². The van der Waals surface area contributed by atoms with Crippen LogP contribution >= 0.6 is 24.0 Å². The van der Waals surface area contributed by atoms with Gasteiger partial charge in [-0.25, -0.2) is 9.37 Å². The molecule has 0 unspecified atom stereocenters. The number of nitrogens with zero attached hydrogens (tertiary/aromatic N) is 3. The third kappa shape index (κ3) is 5.43.